The van der Waals surface area contributed by atoms with Gasteiger partial charge in [-0.1, -0.05) is 19.3 Å². The summed E-state index contributed by atoms with van der Waals surface area (Å²) >= 11 is 0. The zero-order chi connectivity index (χ0) is 12.4. The Kier molecular flexibility index (Phi) is 3.73. The van der Waals surface area contributed by atoms with Crippen LogP contribution in [0.5, 0.6) is 0 Å². The highest BCUT2D eigenvalue weighted by atomic mass is 16.2. The molecule has 4 heteroatoms. The molecule has 0 bridgehead atoms. The first-order valence-electron chi connectivity index (χ1n) is 7.59. The van der Waals surface area contributed by atoms with Crippen LogP contribution >= 0.6 is 0 Å². The molecule has 18 heavy (non-hydrogen) atoms. The molecule has 2 saturated heterocycles. The molecule has 1 aliphatic carbocycles. The number of nitrogens with one attached hydrogen (secondary N) is 1. The summed E-state index contributed by atoms with van der Waals surface area (Å²) in [5.41, 5.74) is 0. The standard InChI is InChI=1S/C14H25N3O/c18-14(16-9-6-15-7-10-16)17-8-5-12-3-1-2-4-13(12)11-17/h12-13,15H,1-11H2. The van der Waals surface area contributed by atoms with Crippen molar-refractivity contribution in [3.05, 3.63) is 0 Å². The maximum absolute atomic E-state index is 12.5. The molecule has 0 aromatic rings. The first-order chi connectivity index (χ1) is 8.84. The van der Waals surface area contributed by atoms with E-state index in [1.165, 1.54) is 32.1 Å². The van der Waals surface area contributed by atoms with E-state index >= 15 is 0 Å². The van der Waals surface area contributed by atoms with E-state index in [1.807, 2.05) is 4.90 Å². The Morgan fingerprint density at radius 1 is 0.889 bits per heavy atom. The first kappa shape index (κ1) is 12.3. The minimum atomic E-state index is 0.292. The molecule has 1 saturated carbocycles. The molecule has 1 N–H and O–H groups in total. The van der Waals surface area contributed by atoms with Crippen LogP contribution in [0.4, 0.5) is 4.79 Å². The van der Waals surface area contributed by atoms with Gasteiger partial charge in [0.05, 0.1) is 0 Å². The molecule has 102 valence electrons. The fraction of sp³-hybridized carbons (Fsp3) is 0.929. The summed E-state index contributed by atoms with van der Waals surface area (Å²) in [6.45, 7) is 5.67. The van der Waals surface area contributed by atoms with E-state index in [9.17, 15) is 4.79 Å². The van der Waals surface area contributed by atoms with Gasteiger partial charge >= 0.3 is 6.03 Å². The van der Waals surface area contributed by atoms with Crippen LogP contribution in [-0.4, -0.2) is 55.1 Å². The summed E-state index contributed by atoms with van der Waals surface area (Å²) in [5, 5.41) is 3.31. The van der Waals surface area contributed by atoms with E-state index in [0.29, 0.717) is 6.03 Å². The fourth-order valence-electron chi connectivity index (χ4n) is 3.83. The van der Waals surface area contributed by atoms with E-state index < -0.39 is 0 Å². The Bertz CT molecular complexity index is 301. The molecular weight excluding hydrogens is 226 g/mol. The van der Waals surface area contributed by atoms with Crippen LogP contribution in [0.1, 0.15) is 32.1 Å². The molecule has 3 fully saturated rings. The monoisotopic (exact) mass is 251 g/mol. The summed E-state index contributed by atoms with van der Waals surface area (Å²) in [5.74, 6) is 1.70. The third-order valence-electron chi connectivity index (χ3n) is 4.95. The lowest BCUT2D eigenvalue weighted by Crippen LogP contribution is -2.54. The van der Waals surface area contributed by atoms with Crippen molar-refractivity contribution in [1.29, 1.82) is 0 Å². The summed E-state index contributed by atoms with van der Waals surface area (Å²) < 4.78 is 0. The van der Waals surface area contributed by atoms with Crippen LogP contribution in [0, 0.1) is 11.8 Å². The van der Waals surface area contributed by atoms with E-state index in [0.717, 1.165) is 51.1 Å². The lowest BCUT2D eigenvalue weighted by Gasteiger charge is -2.43. The normalized spacial score (nSPS) is 33.1. The maximum Gasteiger partial charge on any atom is 0.320 e. The first-order valence-corrected chi connectivity index (χ1v) is 7.59. The summed E-state index contributed by atoms with van der Waals surface area (Å²) in [4.78, 5) is 16.6. The van der Waals surface area contributed by atoms with Crippen LogP contribution < -0.4 is 5.32 Å². The summed E-state index contributed by atoms with van der Waals surface area (Å²) in [6.07, 6.45) is 6.77. The number of piperazine rings is 1. The SMILES string of the molecule is O=C(N1CCNCC1)N1CCC2CCCCC2C1. The largest absolute Gasteiger partial charge is 0.324 e. The topological polar surface area (TPSA) is 35.6 Å². The molecule has 2 unspecified atom stereocenters. The number of piperidine rings is 1. The van der Waals surface area contributed by atoms with Crippen LogP contribution in [0.2, 0.25) is 0 Å². The van der Waals surface area contributed by atoms with E-state index in [2.05, 4.69) is 10.2 Å². The predicted molar refractivity (Wildman–Crippen MR) is 71.5 cm³/mol. The van der Waals surface area contributed by atoms with Gasteiger partial charge in [-0.3, -0.25) is 0 Å². The van der Waals surface area contributed by atoms with Crippen LogP contribution in [0.15, 0.2) is 0 Å². The Hall–Kier alpha value is -0.770. The minimum absolute atomic E-state index is 0.292. The van der Waals surface area contributed by atoms with Gasteiger partial charge in [0.25, 0.3) is 0 Å². The average Bonchev–Trinajstić information content (AvgIpc) is 2.47. The van der Waals surface area contributed by atoms with Gasteiger partial charge in [0.2, 0.25) is 0 Å². The van der Waals surface area contributed by atoms with Crippen molar-refractivity contribution in [2.24, 2.45) is 11.8 Å². The van der Waals surface area contributed by atoms with Crippen molar-refractivity contribution in [2.45, 2.75) is 32.1 Å². The number of likely N-dealkylation sites (tertiary alicyclic amines) is 1. The Morgan fingerprint density at radius 2 is 1.61 bits per heavy atom. The van der Waals surface area contributed by atoms with Crippen LogP contribution in [0.3, 0.4) is 0 Å². The molecule has 0 aromatic heterocycles. The van der Waals surface area contributed by atoms with E-state index in [-0.39, 0.29) is 0 Å². The van der Waals surface area contributed by atoms with Gasteiger partial charge in [-0.15, -0.1) is 0 Å². The lowest BCUT2D eigenvalue weighted by molar-refractivity contribution is 0.0814. The van der Waals surface area contributed by atoms with Gasteiger partial charge in [0, 0.05) is 39.3 Å². The number of carbonyl (C=O) groups excluding carboxylic acids is 1. The second kappa shape index (κ2) is 5.47. The molecule has 0 radical (unpaired) electrons. The van der Waals surface area contributed by atoms with Gasteiger partial charge in [-0.2, -0.15) is 0 Å². The molecular formula is C14H25N3O. The number of hydrogen-bond acceptors (Lipinski definition) is 2. The van der Waals surface area contributed by atoms with Gasteiger partial charge in [-0.05, 0) is 24.7 Å². The van der Waals surface area contributed by atoms with Crippen LogP contribution in [0.25, 0.3) is 0 Å². The van der Waals surface area contributed by atoms with Gasteiger partial charge in [-0.25, -0.2) is 4.79 Å². The Balaban J connectivity index is 1.57. The smallest absolute Gasteiger partial charge is 0.320 e. The zero-order valence-electron chi connectivity index (χ0n) is 11.2. The van der Waals surface area contributed by atoms with Crippen molar-refractivity contribution < 1.29 is 4.79 Å². The number of rotatable bonds is 0. The van der Waals surface area contributed by atoms with Crippen molar-refractivity contribution in [1.82, 2.24) is 15.1 Å². The number of fused-ring (bicyclic) bond motifs is 1. The molecule has 2 atom stereocenters. The molecule has 0 spiro atoms. The highest BCUT2D eigenvalue weighted by Crippen LogP contribution is 2.36. The Labute approximate surface area is 110 Å². The molecule has 2 amide bonds. The van der Waals surface area contributed by atoms with E-state index in [4.69, 9.17) is 0 Å². The van der Waals surface area contributed by atoms with Gasteiger partial charge < -0.3 is 15.1 Å². The van der Waals surface area contributed by atoms with E-state index in [1.54, 1.807) is 0 Å². The minimum Gasteiger partial charge on any atom is -0.324 e. The number of nitrogens with zero attached hydrogens (tertiary/aromatic N) is 2. The summed E-state index contributed by atoms with van der Waals surface area (Å²) in [7, 11) is 0. The molecule has 4 nitrogen and oxygen atoms in total. The highest BCUT2D eigenvalue weighted by Gasteiger charge is 2.34. The molecule has 2 aliphatic heterocycles. The molecule has 2 heterocycles. The predicted octanol–water partition coefficient (Wildman–Crippen LogP) is 1.52. The lowest BCUT2D eigenvalue weighted by atomic mass is 9.75. The summed E-state index contributed by atoms with van der Waals surface area (Å²) in [6, 6.07) is 0.292. The number of amides is 2. The highest BCUT2D eigenvalue weighted by molar-refractivity contribution is 5.74. The average molecular weight is 251 g/mol. The van der Waals surface area contributed by atoms with Crippen molar-refractivity contribution >= 4 is 6.03 Å². The number of hydrogen-bond donors (Lipinski definition) is 1. The number of urea groups is 1. The quantitative estimate of drug-likeness (QED) is 0.708. The maximum atomic E-state index is 12.5. The molecule has 3 rings (SSSR count). The second-order valence-electron chi connectivity index (χ2n) is 6.06. The molecule has 0 aromatic carbocycles. The third-order valence-corrected chi connectivity index (χ3v) is 4.95. The number of carbonyl (C=O) groups is 1. The zero-order valence-corrected chi connectivity index (χ0v) is 11.2. The second-order valence-corrected chi connectivity index (χ2v) is 6.06. The van der Waals surface area contributed by atoms with Crippen molar-refractivity contribution in [2.75, 3.05) is 39.3 Å². The molecule has 3 aliphatic rings. The van der Waals surface area contributed by atoms with Crippen molar-refractivity contribution in [3.63, 3.8) is 0 Å². The van der Waals surface area contributed by atoms with Crippen molar-refractivity contribution in [3.8, 4) is 0 Å². The third kappa shape index (κ3) is 2.48. The Morgan fingerprint density at radius 3 is 2.39 bits per heavy atom. The van der Waals surface area contributed by atoms with Gasteiger partial charge in [0.1, 0.15) is 0 Å². The van der Waals surface area contributed by atoms with Gasteiger partial charge in [0.15, 0.2) is 0 Å². The fourth-order valence-corrected chi connectivity index (χ4v) is 3.83. The van der Waals surface area contributed by atoms with Crippen LogP contribution in [-0.2, 0) is 0 Å².